The number of rotatable bonds is 9. The van der Waals surface area contributed by atoms with Crippen LogP contribution in [0.2, 0.25) is 0 Å². The summed E-state index contributed by atoms with van der Waals surface area (Å²) in [6, 6.07) is 0. The quantitative estimate of drug-likeness (QED) is 0.457. The monoisotopic (exact) mass is 220 g/mol. The summed E-state index contributed by atoms with van der Waals surface area (Å²) in [5, 5.41) is 8.68. The summed E-state index contributed by atoms with van der Waals surface area (Å²) >= 11 is 0. The van der Waals surface area contributed by atoms with Crippen LogP contribution >= 0.6 is 0 Å². The van der Waals surface area contributed by atoms with Crippen LogP contribution in [-0.4, -0.2) is 44.3 Å². The Morgan fingerprint density at radius 1 is 1.47 bits per heavy atom. The van der Waals surface area contributed by atoms with Gasteiger partial charge in [-0.1, -0.05) is 0 Å². The van der Waals surface area contributed by atoms with Gasteiger partial charge in [-0.3, -0.25) is 4.79 Å². The first-order chi connectivity index (χ1) is 7.24. The number of ether oxygens (including phenoxy) is 3. The van der Waals surface area contributed by atoms with Crippen molar-refractivity contribution in [2.75, 3.05) is 27.1 Å². The van der Waals surface area contributed by atoms with Crippen LogP contribution in [0.4, 0.5) is 0 Å². The van der Waals surface area contributed by atoms with Crippen molar-refractivity contribution in [2.45, 2.75) is 32.3 Å². The number of hydrogen-bond donors (Lipinski definition) is 1. The largest absolute Gasteiger partial charge is 0.466 e. The van der Waals surface area contributed by atoms with E-state index in [1.807, 2.05) is 0 Å². The summed E-state index contributed by atoms with van der Waals surface area (Å²) in [7, 11) is 1.52. The molecule has 0 saturated heterocycles. The van der Waals surface area contributed by atoms with Crippen LogP contribution in [0.1, 0.15) is 26.2 Å². The molecule has 0 rings (SSSR count). The molecule has 0 aromatic heterocycles. The molecular weight excluding hydrogens is 200 g/mol. The number of carbonyl (C=O) groups is 1. The van der Waals surface area contributed by atoms with Gasteiger partial charge in [0.15, 0.2) is 0 Å². The van der Waals surface area contributed by atoms with Crippen molar-refractivity contribution in [3.05, 3.63) is 0 Å². The van der Waals surface area contributed by atoms with Crippen molar-refractivity contribution in [1.29, 1.82) is 0 Å². The third-order valence-electron chi connectivity index (χ3n) is 1.81. The molecule has 0 spiro atoms. The number of esters is 1. The summed E-state index contributed by atoms with van der Waals surface area (Å²) < 4.78 is 14.8. The highest BCUT2D eigenvalue weighted by atomic mass is 16.7. The molecule has 0 aromatic rings. The summed E-state index contributed by atoms with van der Waals surface area (Å²) in [6.45, 7) is 2.37. The smallest absolute Gasteiger partial charge is 0.308 e. The number of hydrogen-bond acceptors (Lipinski definition) is 5. The predicted octanol–water partition coefficient (Wildman–Crippen LogP) is 0.701. The molecule has 0 bridgehead atoms. The first kappa shape index (κ1) is 14.3. The molecule has 0 aliphatic rings. The van der Waals surface area contributed by atoms with Crippen LogP contribution in [0.15, 0.2) is 0 Å². The van der Waals surface area contributed by atoms with Crippen molar-refractivity contribution in [2.24, 2.45) is 0 Å². The van der Waals surface area contributed by atoms with Gasteiger partial charge in [0.2, 0.25) is 0 Å². The van der Waals surface area contributed by atoms with Gasteiger partial charge in [-0.05, 0) is 19.8 Å². The van der Waals surface area contributed by atoms with Gasteiger partial charge in [0, 0.05) is 13.7 Å². The van der Waals surface area contributed by atoms with Crippen molar-refractivity contribution in [3.63, 3.8) is 0 Å². The van der Waals surface area contributed by atoms with E-state index in [2.05, 4.69) is 0 Å². The third kappa shape index (κ3) is 8.35. The molecule has 5 heteroatoms. The summed E-state index contributed by atoms with van der Waals surface area (Å²) in [5.41, 5.74) is 0. The topological polar surface area (TPSA) is 65.0 Å². The molecule has 1 atom stereocenters. The molecule has 0 saturated carbocycles. The van der Waals surface area contributed by atoms with Gasteiger partial charge in [-0.25, -0.2) is 0 Å². The minimum Gasteiger partial charge on any atom is -0.466 e. The summed E-state index contributed by atoms with van der Waals surface area (Å²) in [5.74, 6) is -0.281. The van der Waals surface area contributed by atoms with Crippen molar-refractivity contribution in [1.82, 2.24) is 0 Å². The molecule has 0 aliphatic heterocycles. The van der Waals surface area contributed by atoms with Crippen LogP contribution in [0.3, 0.4) is 0 Å². The van der Waals surface area contributed by atoms with Gasteiger partial charge in [-0.2, -0.15) is 0 Å². The fourth-order valence-electron chi connectivity index (χ4n) is 1.13. The van der Waals surface area contributed by atoms with Crippen molar-refractivity contribution >= 4 is 5.97 Å². The average molecular weight is 220 g/mol. The SMILES string of the molecule is CCOC(=O)CC(CCCO)OCOC. The minimum absolute atomic E-state index is 0.0929. The molecular formula is C10H20O5. The Labute approximate surface area is 90.3 Å². The van der Waals surface area contributed by atoms with E-state index >= 15 is 0 Å². The maximum Gasteiger partial charge on any atom is 0.308 e. The van der Waals surface area contributed by atoms with E-state index < -0.39 is 0 Å². The van der Waals surface area contributed by atoms with Crippen molar-refractivity contribution < 1.29 is 24.1 Å². The van der Waals surface area contributed by atoms with Gasteiger partial charge in [0.1, 0.15) is 6.79 Å². The van der Waals surface area contributed by atoms with Crippen LogP contribution in [0.5, 0.6) is 0 Å². The Bertz CT molecular complexity index is 152. The average Bonchev–Trinajstić information content (AvgIpc) is 2.22. The highest BCUT2D eigenvalue weighted by molar-refractivity contribution is 5.69. The second kappa shape index (κ2) is 9.89. The number of carbonyl (C=O) groups excluding carboxylic acids is 1. The Morgan fingerprint density at radius 2 is 2.20 bits per heavy atom. The standard InChI is InChI=1S/C10H20O5/c1-3-14-10(12)7-9(5-4-6-11)15-8-13-2/h9,11H,3-8H2,1-2H3. The van der Waals surface area contributed by atoms with Gasteiger partial charge >= 0.3 is 5.97 Å². The Balaban J connectivity index is 3.82. The molecule has 0 aliphatic carbocycles. The van der Waals surface area contributed by atoms with Gasteiger partial charge in [0.05, 0.1) is 19.1 Å². The molecule has 0 heterocycles. The predicted molar refractivity (Wildman–Crippen MR) is 54.3 cm³/mol. The highest BCUT2D eigenvalue weighted by Gasteiger charge is 2.14. The first-order valence-corrected chi connectivity index (χ1v) is 5.11. The lowest BCUT2D eigenvalue weighted by Gasteiger charge is -2.15. The molecule has 0 radical (unpaired) electrons. The Kier molecular flexibility index (Phi) is 9.46. The lowest BCUT2D eigenvalue weighted by molar-refractivity contribution is -0.149. The second-order valence-corrected chi connectivity index (χ2v) is 3.07. The lowest BCUT2D eigenvalue weighted by atomic mass is 10.1. The van der Waals surface area contributed by atoms with E-state index in [-0.39, 0.29) is 31.9 Å². The van der Waals surface area contributed by atoms with E-state index in [1.165, 1.54) is 7.11 Å². The zero-order valence-corrected chi connectivity index (χ0v) is 9.40. The van der Waals surface area contributed by atoms with Crippen molar-refractivity contribution in [3.8, 4) is 0 Å². The first-order valence-electron chi connectivity index (χ1n) is 5.11. The molecule has 1 N–H and O–H groups in total. The molecule has 0 fully saturated rings. The zero-order valence-electron chi connectivity index (χ0n) is 9.40. The number of methoxy groups -OCH3 is 1. The molecule has 1 unspecified atom stereocenters. The van der Waals surface area contributed by atoms with Crippen LogP contribution in [0, 0.1) is 0 Å². The van der Waals surface area contributed by atoms with Gasteiger partial charge in [0.25, 0.3) is 0 Å². The summed E-state index contributed by atoms with van der Waals surface area (Å²) in [4.78, 5) is 11.2. The maximum atomic E-state index is 11.2. The normalized spacial score (nSPS) is 12.5. The second-order valence-electron chi connectivity index (χ2n) is 3.07. The van der Waals surface area contributed by atoms with Crippen LogP contribution in [-0.2, 0) is 19.0 Å². The Morgan fingerprint density at radius 3 is 2.73 bits per heavy atom. The highest BCUT2D eigenvalue weighted by Crippen LogP contribution is 2.08. The van der Waals surface area contributed by atoms with Crippen LogP contribution < -0.4 is 0 Å². The summed E-state index contributed by atoms with van der Waals surface area (Å²) in [6.07, 6.45) is 1.19. The van der Waals surface area contributed by atoms with Crippen LogP contribution in [0.25, 0.3) is 0 Å². The Hall–Kier alpha value is -0.650. The van der Waals surface area contributed by atoms with E-state index in [0.717, 1.165) is 0 Å². The number of aliphatic hydroxyl groups excluding tert-OH is 1. The molecule has 5 nitrogen and oxygen atoms in total. The molecule has 0 amide bonds. The zero-order chi connectivity index (χ0) is 11.5. The van der Waals surface area contributed by atoms with E-state index in [1.54, 1.807) is 6.92 Å². The molecule has 90 valence electrons. The molecule has 0 aromatic carbocycles. The third-order valence-corrected chi connectivity index (χ3v) is 1.81. The van der Waals surface area contributed by atoms with E-state index in [9.17, 15) is 4.79 Å². The molecule has 15 heavy (non-hydrogen) atoms. The van der Waals surface area contributed by atoms with E-state index in [0.29, 0.717) is 19.4 Å². The maximum absolute atomic E-state index is 11.2. The van der Waals surface area contributed by atoms with Gasteiger partial charge < -0.3 is 19.3 Å². The number of aliphatic hydroxyl groups is 1. The van der Waals surface area contributed by atoms with E-state index in [4.69, 9.17) is 19.3 Å². The van der Waals surface area contributed by atoms with Gasteiger partial charge in [-0.15, -0.1) is 0 Å². The fourth-order valence-corrected chi connectivity index (χ4v) is 1.13. The fraction of sp³-hybridized carbons (Fsp3) is 0.900. The lowest BCUT2D eigenvalue weighted by Crippen LogP contribution is -2.21. The minimum atomic E-state index is -0.281.